The second-order valence-corrected chi connectivity index (χ2v) is 9.76. The summed E-state index contributed by atoms with van der Waals surface area (Å²) < 4.78 is 11.1. The van der Waals surface area contributed by atoms with Gasteiger partial charge in [0.25, 0.3) is 5.91 Å². The van der Waals surface area contributed by atoms with Gasteiger partial charge < -0.3 is 19.7 Å². The molecule has 1 atom stereocenters. The second-order valence-electron chi connectivity index (χ2n) is 9.76. The van der Waals surface area contributed by atoms with E-state index in [1.165, 1.54) is 11.1 Å². The summed E-state index contributed by atoms with van der Waals surface area (Å²) in [6.07, 6.45) is 0.559. The van der Waals surface area contributed by atoms with Crippen LogP contribution in [0.25, 0.3) is 0 Å². The molecule has 0 unspecified atom stereocenters. The molecule has 2 aromatic carbocycles. The zero-order valence-electron chi connectivity index (χ0n) is 22.9. The fraction of sp³-hybridized carbons (Fsp3) is 0.483. The standard InChI is InChI=1S/C29H39N5O4/c1-5-30-29(36)33(13-12-32-14-16-38-17-15-32)20-28(35)34-26(24-8-6-7-9-27(24)37-4)19-25(31-34)23-11-10-21(2)22(3)18-23/h6-11,18,26H,5,12-17,19-20H2,1-4H3,(H,30,36)/t26-/m0/s1. The number of hydrogen-bond donors (Lipinski definition) is 1. The van der Waals surface area contributed by atoms with Crippen molar-refractivity contribution in [3.05, 3.63) is 64.7 Å². The average Bonchev–Trinajstić information content (AvgIpc) is 3.38. The van der Waals surface area contributed by atoms with Crippen molar-refractivity contribution >= 4 is 17.6 Å². The van der Waals surface area contributed by atoms with Crippen LogP contribution in [-0.2, 0) is 9.53 Å². The van der Waals surface area contributed by atoms with Gasteiger partial charge in [-0.1, -0.05) is 30.3 Å². The predicted molar refractivity (Wildman–Crippen MR) is 148 cm³/mol. The summed E-state index contributed by atoms with van der Waals surface area (Å²) in [5.41, 5.74) is 5.11. The molecule has 4 rings (SSSR count). The zero-order chi connectivity index (χ0) is 27.1. The number of hydrazone groups is 1. The Labute approximate surface area is 225 Å². The van der Waals surface area contributed by atoms with Crippen molar-refractivity contribution in [3.63, 3.8) is 0 Å². The van der Waals surface area contributed by atoms with E-state index in [0.717, 1.165) is 29.9 Å². The van der Waals surface area contributed by atoms with E-state index in [0.29, 0.717) is 45.0 Å². The van der Waals surface area contributed by atoms with Gasteiger partial charge in [0.05, 0.1) is 32.1 Å². The molecule has 1 N–H and O–H groups in total. The highest BCUT2D eigenvalue weighted by atomic mass is 16.5. The van der Waals surface area contributed by atoms with E-state index < -0.39 is 0 Å². The van der Waals surface area contributed by atoms with Gasteiger partial charge in [0.15, 0.2) is 0 Å². The maximum Gasteiger partial charge on any atom is 0.317 e. The van der Waals surface area contributed by atoms with Crippen molar-refractivity contribution in [2.24, 2.45) is 5.10 Å². The monoisotopic (exact) mass is 521 g/mol. The van der Waals surface area contributed by atoms with Gasteiger partial charge in [0, 0.05) is 44.7 Å². The highest BCUT2D eigenvalue weighted by Crippen LogP contribution is 2.37. The molecule has 2 aliphatic rings. The lowest BCUT2D eigenvalue weighted by Crippen LogP contribution is -2.49. The Kier molecular flexibility index (Phi) is 9.36. The zero-order valence-corrected chi connectivity index (χ0v) is 22.9. The molecule has 3 amide bonds. The number of urea groups is 1. The van der Waals surface area contributed by atoms with Crippen LogP contribution in [0, 0.1) is 13.8 Å². The Morgan fingerprint density at radius 3 is 2.61 bits per heavy atom. The third-order valence-corrected chi connectivity index (χ3v) is 7.24. The van der Waals surface area contributed by atoms with Gasteiger partial charge in [0.1, 0.15) is 12.3 Å². The van der Waals surface area contributed by atoms with Crippen LogP contribution in [-0.4, -0.2) is 92.1 Å². The van der Waals surface area contributed by atoms with Crippen LogP contribution in [0.5, 0.6) is 5.75 Å². The number of rotatable bonds is 9. The van der Waals surface area contributed by atoms with Crippen molar-refractivity contribution in [2.75, 3.05) is 59.6 Å². The lowest BCUT2D eigenvalue weighted by molar-refractivity contribution is -0.133. The number of hydrogen-bond acceptors (Lipinski definition) is 6. The number of carbonyl (C=O) groups is 2. The van der Waals surface area contributed by atoms with Gasteiger partial charge in [-0.25, -0.2) is 9.80 Å². The van der Waals surface area contributed by atoms with Crippen molar-refractivity contribution in [1.82, 2.24) is 20.1 Å². The summed E-state index contributed by atoms with van der Waals surface area (Å²) in [5.74, 6) is 0.479. The third-order valence-electron chi connectivity index (χ3n) is 7.24. The number of nitrogens with one attached hydrogen (secondary N) is 1. The molecule has 2 aliphatic heterocycles. The van der Waals surface area contributed by atoms with Crippen LogP contribution < -0.4 is 10.1 Å². The highest BCUT2D eigenvalue weighted by molar-refractivity contribution is 6.03. The molecule has 2 heterocycles. The minimum absolute atomic E-state index is 0.0640. The minimum atomic E-state index is -0.328. The normalized spacial score (nSPS) is 17.7. The van der Waals surface area contributed by atoms with Crippen molar-refractivity contribution in [1.29, 1.82) is 0 Å². The molecule has 1 saturated heterocycles. The van der Waals surface area contributed by atoms with Gasteiger partial charge in [-0.05, 0) is 49.6 Å². The maximum absolute atomic E-state index is 13.8. The molecule has 38 heavy (non-hydrogen) atoms. The lowest BCUT2D eigenvalue weighted by atomic mass is 9.96. The van der Waals surface area contributed by atoms with Crippen molar-refractivity contribution in [3.8, 4) is 5.75 Å². The summed E-state index contributed by atoms with van der Waals surface area (Å²) in [5, 5.41) is 9.23. The summed E-state index contributed by atoms with van der Waals surface area (Å²) in [4.78, 5) is 30.6. The van der Waals surface area contributed by atoms with Gasteiger partial charge in [0.2, 0.25) is 0 Å². The first-order chi connectivity index (χ1) is 18.4. The van der Waals surface area contributed by atoms with E-state index in [9.17, 15) is 9.59 Å². The van der Waals surface area contributed by atoms with Crippen LogP contribution in [0.15, 0.2) is 47.6 Å². The average molecular weight is 522 g/mol. The molecular weight excluding hydrogens is 482 g/mol. The molecular formula is C29H39N5O4. The molecule has 9 heteroatoms. The number of para-hydroxylation sites is 1. The third kappa shape index (κ3) is 6.52. The number of carbonyl (C=O) groups excluding carboxylic acids is 2. The van der Waals surface area contributed by atoms with Gasteiger partial charge in [-0.3, -0.25) is 9.69 Å². The van der Waals surface area contributed by atoms with Gasteiger partial charge >= 0.3 is 6.03 Å². The first-order valence-electron chi connectivity index (χ1n) is 13.3. The van der Waals surface area contributed by atoms with E-state index in [1.807, 2.05) is 31.2 Å². The molecule has 0 aromatic heterocycles. The maximum atomic E-state index is 13.8. The number of morpholine rings is 1. The van der Waals surface area contributed by atoms with Crippen molar-refractivity contribution in [2.45, 2.75) is 33.2 Å². The molecule has 2 aromatic rings. The van der Waals surface area contributed by atoms with E-state index in [1.54, 1.807) is 17.0 Å². The smallest absolute Gasteiger partial charge is 0.317 e. The molecule has 1 fully saturated rings. The minimum Gasteiger partial charge on any atom is -0.496 e. The summed E-state index contributed by atoms with van der Waals surface area (Å²) in [7, 11) is 1.63. The highest BCUT2D eigenvalue weighted by Gasteiger charge is 2.36. The second kappa shape index (κ2) is 12.9. The Morgan fingerprint density at radius 2 is 1.89 bits per heavy atom. The van der Waals surface area contributed by atoms with Crippen molar-refractivity contribution < 1.29 is 19.1 Å². The van der Waals surface area contributed by atoms with E-state index in [4.69, 9.17) is 14.6 Å². The van der Waals surface area contributed by atoms with Crippen LogP contribution in [0.2, 0.25) is 0 Å². The van der Waals surface area contributed by atoms with E-state index in [-0.39, 0.29) is 24.5 Å². The number of amides is 3. The molecule has 204 valence electrons. The topological polar surface area (TPSA) is 86.7 Å². The predicted octanol–water partition coefficient (Wildman–Crippen LogP) is 3.35. The Morgan fingerprint density at radius 1 is 1.13 bits per heavy atom. The van der Waals surface area contributed by atoms with E-state index >= 15 is 0 Å². The molecule has 9 nitrogen and oxygen atoms in total. The number of nitrogens with zero attached hydrogens (tertiary/aromatic N) is 4. The summed E-state index contributed by atoms with van der Waals surface area (Å²) in [6.45, 7) is 10.6. The molecule has 0 saturated carbocycles. The fourth-order valence-corrected chi connectivity index (χ4v) is 4.86. The Hall–Kier alpha value is -3.43. The summed E-state index contributed by atoms with van der Waals surface area (Å²) >= 11 is 0. The summed E-state index contributed by atoms with van der Waals surface area (Å²) in [6, 6.07) is 13.4. The number of methoxy groups -OCH3 is 1. The van der Waals surface area contributed by atoms with Crippen LogP contribution in [0.4, 0.5) is 4.79 Å². The first-order valence-corrected chi connectivity index (χ1v) is 13.3. The van der Waals surface area contributed by atoms with Crippen LogP contribution in [0.3, 0.4) is 0 Å². The van der Waals surface area contributed by atoms with E-state index in [2.05, 4.69) is 42.3 Å². The van der Waals surface area contributed by atoms with Crippen LogP contribution in [0.1, 0.15) is 41.6 Å². The van der Waals surface area contributed by atoms with Gasteiger partial charge in [-0.15, -0.1) is 0 Å². The molecule has 0 aliphatic carbocycles. The molecule has 0 spiro atoms. The Bertz CT molecular complexity index is 1160. The lowest BCUT2D eigenvalue weighted by Gasteiger charge is -2.31. The fourth-order valence-electron chi connectivity index (χ4n) is 4.86. The number of ether oxygens (including phenoxy) is 2. The number of benzene rings is 2. The van der Waals surface area contributed by atoms with Gasteiger partial charge in [-0.2, -0.15) is 5.10 Å². The largest absolute Gasteiger partial charge is 0.496 e. The Balaban J connectivity index is 1.60. The van der Waals surface area contributed by atoms with Crippen LogP contribution >= 0.6 is 0 Å². The molecule has 0 bridgehead atoms. The quantitative estimate of drug-likeness (QED) is 0.547. The first kappa shape index (κ1) is 27.6. The molecule has 0 radical (unpaired) electrons. The number of aryl methyl sites for hydroxylation is 2. The SMILES string of the molecule is CCNC(=O)N(CCN1CCOCC1)CC(=O)N1N=C(c2ccc(C)c(C)c2)C[C@H]1c1ccccc1OC.